The highest BCUT2D eigenvalue weighted by molar-refractivity contribution is 8.13. The normalized spacial score (nSPS) is 15.2. The summed E-state index contributed by atoms with van der Waals surface area (Å²) in [4.78, 5) is 9.47. The molecular weight excluding hydrogens is 316 g/mol. The predicted molar refractivity (Wildman–Crippen MR) is 101 cm³/mol. The Kier molecular flexibility index (Phi) is 3.78. The molecule has 0 spiro atoms. The van der Waals surface area contributed by atoms with Crippen LogP contribution in [-0.2, 0) is 0 Å². The lowest BCUT2D eigenvalue weighted by atomic mass is 10.1. The number of para-hydroxylation sites is 1. The SMILES string of the molecule is Cc1ccc2nc3c(cc2c1)C=NNC(=Nc1ccccc1C)S3. The van der Waals surface area contributed by atoms with Crippen molar-refractivity contribution in [2.75, 3.05) is 0 Å². The number of hydrogen-bond acceptors (Lipinski definition) is 4. The molecule has 4 nitrogen and oxygen atoms in total. The Morgan fingerprint density at radius 1 is 1.04 bits per heavy atom. The van der Waals surface area contributed by atoms with Crippen LogP contribution in [0.25, 0.3) is 10.9 Å². The predicted octanol–water partition coefficient (Wildman–Crippen LogP) is 4.57. The minimum atomic E-state index is 0.721. The van der Waals surface area contributed by atoms with Crippen LogP contribution in [0.3, 0.4) is 0 Å². The van der Waals surface area contributed by atoms with Crippen LogP contribution in [0, 0.1) is 13.8 Å². The molecule has 4 rings (SSSR count). The third-order valence-electron chi connectivity index (χ3n) is 3.86. The maximum absolute atomic E-state index is 4.78. The van der Waals surface area contributed by atoms with Gasteiger partial charge in [-0.1, -0.05) is 29.8 Å². The number of hydrazone groups is 1. The van der Waals surface area contributed by atoms with Gasteiger partial charge in [0.05, 0.1) is 17.4 Å². The Balaban J connectivity index is 1.77. The van der Waals surface area contributed by atoms with Crippen LogP contribution in [-0.4, -0.2) is 16.4 Å². The maximum Gasteiger partial charge on any atom is 0.188 e. The van der Waals surface area contributed by atoms with Crippen LogP contribution in [0.2, 0.25) is 0 Å². The number of amidine groups is 1. The smallest absolute Gasteiger partial charge is 0.188 e. The molecule has 1 N–H and O–H groups in total. The second kappa shape index (κ2) is 6.09. The van der Waals surface area contributed by atoms with Gasteiger partial charge in [-0.05, 0) is 55.4 Å². The number of aliphatic imine (C=N–C) groups is 1. The summed E-state index contributed by atoms with van der Waals surface area (Å²) in [5.74, 6) is 0. The van der Waals surface area contributed by atoms with Crippen molar-refractivity contribution in [1.82, 2.24) is 10.4 Å². The Labute approximate surface area is 144 Å². The molecule has 0 aliphatic carbocycles. The summed E-state index contributed by atoms with van der Waals surface area (Å²) in [6.45, 7) is 4.13. The first-order valence-electron chi connectivity index (χ1n) is 7.72. The first kappa shape index (κ1) is 14.9. The summed E-state index contributed by atoms with van der Waals surface area (Å²) in [5, 5.41) is 7.04. The van der Waals surface area contributed by atoms with E-state index in [-0.39, 0.29) is 0 Å². The van der Waals surface area contributed by atoms with Crippen molar-refractivity contribution in [3.63, 3.8) is 0 Å². The van der Waals surface area contributed by atoms with E-state index in [1.165, 1.54) is 17.3 Å². The van der Waals surface area contributed by atoms with Crippen LogP contribution in [0.5, 0.6) is 0 Å². The molecule has 5 heteroatoms. The average molecular weight is 332 g/mol. The monoisotopic (exact) mass is 332 g/mol. The van der Waals surface area contributed by atoms with Crippen LogP contribution in [0.15, 0.2) is 63.7 Å². The van der Waals surface area contributed by atoms with E-state index in [9.17, 15) is 0 Å². The molecule has 0 atom stereocenters. The molecule has 1 aromatic heterocycles. The largest absolute Gasteiger partial charge is 0.255 e. The summed E-state index contributed by atoms with van der Waals surface area (Å²) in [6.07, 6.45) is 1.80. The molecule has 0 saturated carbocycles. The molecule has 0 unspecified atom stereocenters. The standard InChI is InChI=1S/C19H16N4S/c1-12-7-8-17-14(9-12)10-15-11-20-23-19(24-18(15)21-17)22-16-6-4-3-5-13(16)2/h3-11H,1-2H3,(H,22,23). The van der Waals surface area contributed by atoms with E-state index < -0.39 is 0 Å². The van der Waals surface area contributed by atoms with Gasteiger partial charge in [0.2, 0.25) is 0 Å². The number of nitrogens with one attached hydrogen (secondary N) is 1. The maximum atomic E-state index is 4.78. The zero-order chi connectivity index (χ0) is 16.5. The van der Waals surface area contributed by atoms with E-state index in [0.717, 1.165) is 37.9 Å². The van der Waals surface area contributed by atoms with Crippen molar-refractivity contribution < 1.29 is 0 Å². The third-order valence-corrected chi connectivity index (χ3v) is 4.75. The fourth-order valence-corrected chi connectivity index (χ4v) is 3.39. The van der Waals surface area contributed by atoms with Crippen LogP contribution in [0.4, 0.5) is 5.69 Å². The lowest BCUT2D eigenvalue weighted by molar-refractivity contribution is 1.05. The number of aryl methyl sites for hydroxylation is 2. The van der Waals surface area contributed by atoms with E-state index in [0.29, 0.717) is 0 Å². The van der Waals surface area contributed by atoms with Crippen LogP contribution in [0.1, 0.15) is 16.7 Å². The number of hydrogen-bond donors (Lipinski definition) is 1. The van der Waals surface area contributed by atoms with Crippen molar-refractivity contribution in [3.8, 4) is 0 Å². The summed E-state index contributed by atoms with van der Waals surface area (Å²) in [5.41, 5.74) is 8.28. The fraction of sp³-hybridized carbons (Fsp3) is 0.105. The van der Waals surface area contributed by atoms with Gasteiger partial charge < -0.3 is 0 Å². The molecule has 0 amide bonds. The van der Waals surface area contributed by atoms with Gasteiger partial charge >= 0.3 is 0 Å². The molecule has 1 aliphatic heterocycles. The first-order valence-corrected chi connectivity index (χ1v) is 8.53. The van der Waals surface area contributed by atoms with Crippen molar-refractivity contribution in [2.24, 2.45) is 10.1 Å². The number of pyridine rings is 1. The van der Waals surface area contributed by atoms with Gasteiger partial charge in [0, 0.05) is 10.9 Å². The van der Waals surface area contributed by atoms with E-state index in [4.69, 9.17) is 4.98 Å². The van der Waals surface area contributed by atoms with Crippen LogP contribution >= 0.6 is 11.8 Å². The number of benzene rings is 2. The van der Waals surface area contributed by atoms with Gasteiger partial charge in [-0.15, -0.1) is 0 Å². The van der Waals surface area contributed by atoms with Crippen molar-refractivity contribution in [1.29, 1.82) is 0 Å². The molecule has 0 saturated heterocycles. The quantitative estimate of drug-likeness (QED) is 0.710. The Morgan fingerprint density at radius 2 is 1.92 bits per heavy atom. The van der Waals surface area contributed by atoms with E-state index in [1.54, 1.807) is 6.21 Å². The first-order chi connectivity index (χ1) is 11.7. The number of aromatic nitrogens is 1. The van der Waals surface area contributed by atoms with Crippen molar-refractivity contribution in [3.05, 3.63) is 65.2 Å². The minimum absolute atomic E-state index is 0.721. The molecule has 0 radical (unpaired) electrons. The Bertz CT molecular complexity index is 992. The molecular formula is C19H16N4S. The summed E-state index contributed by atoms with van der Waals surface area (Å²) in [6, 6.07) is 16.4. The molecule has 2 heterocycles. The molecule has 2 aromatic carbocycles. The van der Waals surface area contributed by atoms with Gasteiger partial charge in [-0.2, -0.15) is 5.10 Å². The van der Waals surface area contributed by atoms with Gasteiger partial charge in [-0.25, -0.2) is 9.98 Å². The molecule has 0 fully saturated rings. The highest BCUT2D eigenvalue weighted by Gasteiger charge is 2.13. The Hall–Kier alpha value is -2.66. The number of nitrogens with zero attached hydrogens (tertiary/aromatic N) is 3. The molecule has 0 bridgehead atoms. The number of fused-ring (bicyclic) bond motifs is 2. The lowest BCUT2D eigenvalue weighted by Crippen LogP contribution is -2.11. The molecule has 3 aromatic rings. The summed E-state index contributed by atoms with van der Waals surface area (Å²) < 4.78 is 0. The average Bonchev–Trinajstić information content (AvgIpc) is 2.76. The second-order valence-corrected chi connectivity index (χ2v) is 6.73. The molecule has 1 aliphatic rings. The zero-order valence-corrected chi connectivity index (χ0v) is 14.3. The highest BCUT2D eigenvalue weighted by Crippen LogP contribution is 2.28. The fourth-order valence-electron chi connectivity index (χ4n) is 2.59. The molecule has 24 heavy (non-hydrogen) atoms. The van der Waals surface area contributed by atoms with Crippen molar-refractivity contribution >= 4 is 39.7 Å². The van der Waals surface area contributed by atoms with Gasteiger partial charge in [0.15, 0.2) is 5.17 Å². The number of rotatable bonds is 1. The second-order valence-electron chi connectivity index (χ2n) is 5.75. The zero-order valence-electron chi connectivity index (χ0n) is 13.4. The Morgan fingerprint density at radius 3 is 2.79 bits per heavy atom. The van der Waals surface area contributed by atoms with E-state index in [2.05, 4.69) is 46.7 Å². The number of thioether (sulfide) groups is 1. The van der Waals surface area contributed by atoms with Gasteiger partial charge in [-0.3, -0.25) is 5.43 Å². The van der Waals surface area contributed by atoms with E-state index in [1.807, 2.05) is 31.2 Å². The molecule has 118 valence electrons. The summed E-state index contributed by atoms with van der Waals surface area (Å²) in [7, 11) is 0. The van der Waals surface area contributed by atoms with E-state index >= 15 is 0 Å². The van der Waals surface area contributed by atoms with Crippen molar-refractivity contribution in [2.45, 2.75) is 18.9 Å². The van der Waals surface area contributed by atoms with Crippen LogP contribution < -0.4 is 5.43 Å². The lowest BCUT2D eigenvalue weighted by Gasteiger charge is -2.07. The highest BCUT2D eigenvalue weighted by atomic mass is 32.2. The summed E-state index contributed by atoms with van der Waals surface area (Å²) >= 11 is 1.50. The third kappa shape index (κ3) is 2.90. The topological polar surface area (TPSA) is 49.6 Å². The van der Waals surface area contributed by atoms with Gasteiger partial charge in [0.1, 0.15) is 5.03 Å². The minimum Gasteiger partial charge on any atom is -0.255 e. The van der Waals surface area contributed by atoms with Gasteiger partial charge in [0.25, 0.3) is 0 Å².